The summed E-state index contributed by atoms with van der Waals surface area (Å²) in [7, 11) is 0. The molecule has 1 aromatic rings. The van der Waals surface area contributed by atoms with Crippen LogP contribution in [0.2, 0.25) is 0 Å². The summed E-state index contributed by atoms with van der Waals surface area (Å²) in [5, 5.41) is 0.0280. The predicted molar refractivity (Wildman–Crippen MR) is 61.7 cm³/mol. The standard InChI is InChI=1S/C12H14O2S/c1-9-7-11(12(13)14-9)15-8-10-5-3-2-4-6-10/h2-6,9,11H,7-8H2,1H3/t9-,11+/m1/s1. The molecule has 1 aliphatic rings. The monoisotopic (exact) mass is 222 g/mol. The van der Waals surface area contributed by atoms with Crippen LogP contribution in [0, 0.1) is 0 Å². The number of carbonyl (C=O) groups excluding carboxylic acids is 1. The zero-order valence-electron chi connectivity index (χ0n) is 8.68. The highest BCUT2D eigenvalue weighted by molar-refractivity contribution is 7.99. The number of rotatable bonds is 3. The Morgan fingerprint density at radius 1 is 1.40 bits per heavy atom. The van der Waals surface area contributed by atoms with Gasteiger partial charge >= 0.3 is 5.97 Å². The molecule has 0 radical (unpaired) electrons. The third-order valence-corrected chi connectivity index (χ3v) is 3.71. The first-order valence-corrected chi connectivity index (χ1v) is 6.16. The second kappa shape index (κ2) is 4.71. The first-order chi connectivity index (χ1) is 7.25. The summed E-state index contributed by atoms with van der Waals surface area (Å²) in [5.74, 6) is 0.830. The van der Waals surface area contributed by atoms with Crippen molar-refractivity contribution in [1.29, 1.82) is 0 Å². The number of ether oxygens (including phenoxy) is 1. The number of benzene rings is 1. The number of esters is 1. The summed E-state index contributed by atoms with van der Waals surface area (Å²) in [6.45, 7) is 1.95. The molecular formula is C12H14O2S. The van der Waals surface area contributed by atoms with Gasteiger partial charge in [0.2, 0.25) is 0 Å². The van der Waals surface area contributed by atoms with Crippen molar-refractivity contribution in [3.8, 4) is 0 Å². The van der Waals surface area contributed by atoms with Crippen LogP contribution in [0.1, 0.15) is 18.9 Å². The van der Waals surface area contributed by atoms with Crippen LogP contribution in [0.3, 0.4) is 0 Å². The second-order valence-electron chi connectivity index (χ2n) is 3.77. The van der Waals surface area contributed by atoms with Gasteiger partial charge in [-0.05, 0) is 12.5 Å². The van der Waals surface area contributed by atoms with E-state index in [2.05, 4.69) is 12.1 Å². The van der Waals surface area contributed by atoms with Crippen LogP contribution >= 0.6 is 11.8 Å². The van der Waals surface area contributed by atoms with Crippen LogP contribution < -0.4 is 0 Å². The number of thioether (sulfide) groups is 1. The number of carbonyl (C=O) groups is 1. The molecule has 2 rings (SSSR count). The average Bonchev–Trinajstić information content (AvgIpc) is 2.56. The fraction of sp³-hybridized carbons (Fsp3) is 0.417. The van der Waals surface area contributed by atoms with Gasteiger partial charge in [-0.1, -0.05) is 30.3 Å². The van der Waals surface area contributed by atoms with E-state index in [1.165, 1.54) is 5.56 Å². The molecule has 0 bridgehead atoms. The van der Waals surface area contributed by atoms with Crippen molar-refractivity contribution in [2.24, 2.45) is 0 Å². The van der Waals surface area contributed by atoms with Crippen molar-refractivity contribution in [1.82, 2.24) is 0 Å². The molecule has 0 amide bonds. The molecule has 0 aromatic heterocycles. The zero-order valence-corrected chi connectivity index (χ0v) is 9.50. The second-order valence-corrected chi connectivity index (χ2v) is 4.96. The van der Waals surface area contributed by atoms with Gasteiger partial charge in [-0.25, -0.2) is 0 Å². The van der Waals surface area contributed by atoms with Crippen LogP contribution in [0.15, 0.2) is 30.3 Å². The van der Waals surface area contributed by atoms with Gasteiger partial charge in [0.15, 0.2) is 0 Å². The van der Waals surface area contributed by atoms with Gasteiger partial charge in [-0.2, -0.15) is 0 Å². The number of cyclic esters (lactones) is 1. The lowest BCUT2D eigenvalue weighted by molar-refractivity contribution is -0.140. The predicted octanol–water partition coefficient (Wildman–Crippen LogP) is 2.62. The van der Waals surface area contributed by atoms with Crippen molar-refractivity contribution in [3.63, 3.8) is 0 Å². The van der Waals surface area contributed by atoms with Crippen LogP contribution in [-0.2, 0) is 15.3 Å². The topological polar surface area (TPSA) is 26.3 Å². The molecule has 80 valence electrons. The van der Waals surface area contributed by atoms with E-state index in [4.69, 9.17) is 4.74 Å². The van der Waals surface area contributed by atoms with Gasteiger partial charge in [0, 0.05) is 12.2 Å². The smallest absolute Gasteiger partial charge is 0.319 e. The van der Waals surface area contributed by atoms with Crippen LogP contribution in [0.25, 0.3) is 0 Å². The highest BCUT2D eigenvalue weighted by atomic mass is 32.2. The molecule has 0 unspecified atom stereocenters. The Balaban J connectivity index is 1.86. The molecule has 0 saturated carbocycles. The molecule has 1 aliphatic heterocycles. The van der Waals surface area contributed by atoms with E-state index in [1.54, 1.807) is 11.8 Å². The van der Waals surface area contributed by atoms with Gasteiger partial charge in [0.25, 0.3) is 0 Å². The zero-order chi connectivity index (χ0) is 10.7. The summed E-state index contributed by atoms with van der Waals surface area (Å²) in [5.41, 5.74) is 1.26. The summed E-state index contributed by atoms with van der Waals surface area (Å²) < 4.78 is 5.10. The van der Waals surface area contributed by atoms with Crippen LogP contribution in [-0.4, -0.2) is 17.3 Å². The van der Waals surface area contributed by atoms with Crippen molar-refractivity contribution in [3.05, 3.63) is 35.9 Å². The first-order valence-electron chi connectivity index (χ1n) is 5.12. The van der Waals surface area contributed by atoms with Gasteiger partial charge in [0.05, 0.1) is 0 Å². The normalized spacial score (nSPS) is 25.3. The molecule has 2 atom stereocenters. The quantitative estimate of drug-likeness (QED) is 0.735. The summed E-state index contributed by atoms with van der Waals surface area (Å²) in [6, 6.07) is 10.2. The maximum Gasteiger partial charge on any atom is 0.319 e. The Labute approximate surface area is 94.0 Å². The Hall–Kier alpha value is -0.960. The summed E-state index contributed by atoms with van der Waals surface area (Å²) in [6.07, 6.45) is 0.932. The van der Waals surface area contributed by atoms with E-state index in [1.807, 2.05) is 25.1 Å². The largest absolute Gasteiger partial charge is 0.462 e. The van der Waals surface area contributed by atoms with E-state index in [0.29, 0.717) is 0 Å². The molecule has 2 nitrogen and oxygen atoms in total. The van der Waals surface area contributed by atoms with Gasteiger partial charge in [-0.3, -0.25) is 4.79 Å². The van der Waals surface area contributed by atoms with Crippen molar-refractivity contribution in [2.45, 2.75) is 30.5 Å². The molecule has 1 fully saturated rings. The molecule has 3 heteroatoms. The van der Waals surface area contributed by atoms with Crippen molar-refractivity contribution in [2.75, 3.05) is 0 Å². The average molecular weight is 222 g/mol. The minimum atomic E-state index is -0.0524. The maximum absolute atomic E-state index is 11.4. The Bertz CT molecular complexity index is 337. The molecule has 0 N–H and O–H groups in total. The SMILES string of the molecule is C[C@@H]1C[C@H](SCc2ccccc2)C(=O)O1. The fourth-order valence-corrected chi connectivity index (χ4v) is 2.81. The lowest BCUT2D eigenvalue weighted by Gasteiger charge is -2.04. The third kappa shape index (κ3) is 2.75. The lowest BCUT2D eigenvalue weighted by Crippen LogP contribution is -2.09. The molecule has 15 heavy (non-hydrogen) atoms. The summed E-state index contributed by atoms with van der Waals surface area (Å²) in [4.78, 5) is 11.4. The van der Waals surface area contributed by atoms with E-state index in [9.17, 15) is 4.79 Å². The van der Waals surface area contributed by atoms with Gasteiger partial charge < -0.3 is 4.74 Å². The van der Waals surface area contributed by atoms with E-state index in [-0.39, 0.29) is 17.3 Å². The number of hydrogen-bond donors (Lipinski definition) is 0. The lowest BCUT2D eigenvalue weighted by atomic mass is 10.2. The van der Waals surface area contributed by atoms with Gasteiger partial charge in [0.1, 0.15) is 11.4 Å². The van der Waals surface area contributed by atoms with Gasteiger partial charge in [-0.15, -0.1) is 11.8 Å². The number of hydrogen-bond acceptors (Lipinski definition) is 3. The fourth-order valence-electron chi connectivity index (χ4n) is 1.63. The molecule has 0 spiro atoms. The minimum Gasteiger partial charge on any atom is -0.462 e. The van der Waals surface area contributed by atoms with Crippen LogP contribution in [0.4, 0.5) is 0 Å². The van der Waals surface area contributed by atoms with Crippen molar-refractivity contribution >= 4 is 17.7 Å². The van der Waals surface area contributed by atoms with E-state index >= 15 is 0 Å². The van der Waals surface area contributed by atoms with Crippen molar-refractivity contribution < 1.29 is 9.53 Å². The molecule has 1 aromatic carbocycles. The minimum absolute atomic E-state index is 0.0280. The highest BCUT2D eigenvalue weighted by Crippen LogP contribution is 2.28. The summed E-state index contributed by atoms with van der Waals surface area (Å²) >= 11 is 1.67. The van der Waals surface area contributed by atoms with E-state index < -0.39 is 0 Å². The molecule has 0 aliphatic carbocycles. The third-order valence-electron chi connectivity index (χ3n) is 2.42. The van der Waals surface area contributed by atoms with Crippen LogP contribution in [0.5, 0.6) is 0 Å². The molecule has 1 saturated heterocycles. The first kappa shape index (κ1) is 10.6. The van der Waals surface area contributed by atoms with E-state index in [0.717, 1.165) is 12.2 Å². The molecular weight excluding hydrogens is 208 g/mol. The molecule has 1 heterocycles. The Kier molecular flexibility index (Phi) is 3.31. The Morgan fingerprint density at radius 3 is 2.73 bits per heavy atom. The highest BCUT2D eigenvalue weighted by Gasteiger charge is 2.31. The maximum atomic E-state index is 11.4. The Morgan fingerprint density at radius 2 is 2.13 bits per heavy atom.